The lowest BCUT2D eigenvalue weighted by Crippen LogP contribution is -2.11. The van der Waals surface area contributed by atoms with E-state index >= 15 is 0 Å². The predicted octanol–water partition coefficient (Wildman–Crippen LogP) is 3.66. The Morgan fingerprint density at radius 1 is 1.00 bits per heavy atom. The van der Waals surface area contributed by atoms with Crippen molar-refractivity contribution < 1.29 is 4.39 Å². The van der Waals surface area contributed by atoms with E-state index in [9.17, 15) is 4.39 Å². The van der Waals surface area contributed by atoms with Crippen LogP contribution in [0.1, 0.15) is 40.5 Å². The van der Waals surface area contributed by atoms with E-state index in [4.69, 9.17) is 0 Å². The van der Waals surface area contributed by atoms with E-state index in [1.807, 2.05) is 0 Å². The molecular weight excluding hydrogens is 139 g/mol. The van der Waals surface area contributed by atoms with Gasteiger partial charge in [-0.25, -0.2) is 0 Å². The van der Waals surface area contributed by atoms with E-state index in [-0.39, 0.29) is 12.6 Å². The first-order chi connectivity index (χ1) is 5.07. The second-order valence-electron chi connectivity index (χ2n) is 4.13. The fourth-order valence-corrected chi connectivity index (χ4v) is 1.14. The van der Waals surface area contributed by atoms with Gasteiger partial charge in [0.15, 0.2) is 0 Å². The van der Waals surface area contributed by atoms with Gasteiger partial charge in [0.1, 0.15) is 0 Å². The van der Waals surface area contributed by atoms with Crippen LogP contribution in [0.4, 0.5) is 4.39 Å². The van der Waals surface area contributed by atoms with Crippen molar-refractivity contribution in [3.05, 3.63) is 0 Å². The minimum atomic E-state index is -0.148. The summed E-state index contributed by atoms with van der Waals surface area (Å²) in [6.45, 7) is 8.44. The summed E-state index contributed by atoms with van der Waals surface area (Å²) in [6, 6.07) is 0. The Hall–Kier alpha value is -0.0700. The van der Waals surface area contributed by atoms with Crippen LogP contribution in [0.5, 0.6) is 0 Å². The molecular formula is C10H21F. The Labute approximate surface area is 70.2 Å². The van der Waals surface area contributed by atoms with Crippen molar-refractivity contribution in [2.45, 2.75) is 40.5 Å². The highest BCUT2D eigenvalue weighted by Gasteiger charge is 2.12. The molecule has 0 radical (unpaired) electrons. The highest BCUT2D eigenvalue weighted by molar-refractivity contribution is 4.62. The fourth-order valence-electron chi connectivity index (χ4n) is 1.14. The van der Waals surface area contributed by atoms with Crippen LogP contribution >= 0.6 is 0 Å². The average molecular weight is 160 g/mol. The summed E-state index contributed by atoms with van der Waals surface area (Å²) >= 11 is 0. The first-order valence-electron chi connectivity index (χ1n) is 4.63. The lowest BCUT2D eigenvalue weighted by Gasteiger charge is -2.17. The molecule has 0 heterocycles. The molecule has 0 aromatic rings. The maximum absolute atomic E-state index is 12.4. The first-order valence-corrected chi connectivity index (χ1v) is 4.63. The molecule has 0 aliphatic rings. The zero-order valence-electron chi connectivity index (χ0n) is 8.23. The molecule has 0 aromatic carbocycles. The molecule has 0 N–H and O–H groups in total. The summed E-state index contributed by atoms with van der Waals surface area (Å²) in [5, 5.41) is 0. The van der Waals surface area contributed by atoms with E-state index in [0.717, 1.165) is 12.8 Å². The molecule has 0 saturated carbocycles. The quantitative estimate of drug-likeness (QED) is 0.575. The summed E-state index contributed by atoms with van der Waals surface area (Å²) in [7, 11) is 0. The zero-order chi connectivity index (χ0) is 8.85. The molecule has 68 valence electrons. The lowest BCUT2D eigenvalue weighted by molar-refractivity contribution is 0.259. The summed E-state index contributed by atoms with van der Waals surface area (Å²) in [5.74, 6) is 1.50. The molecule has 1 heteroatoms. The van der Waals surface area contributed by atoms with E-state index < -0.39 is 0 Å². The number of halogens is 1. The molecule has 11 heavy (non-hydrogen) atoms. The van der Waals surface area contributed by atoms with Gasteiger partial charge in [-0.3, -0.25) is 4.39 Å². The Morgan fingerprint density at radius 3 is 1.82 bits per heavy atom. The Morgan fingerprint density at radius 2 is 1.55 bits per heavy atom. The van der Waals surface area contributed by atoms with Gasteiger partial charge in [0.25, 0.3) is 0 Å². The number of rotatable bonds is 5. The van der Waals surface area contributed by atoms with Gasteiger partial charge in [0.2, 0.25) is 0 Å². The van der Waals surface area contributed by atoms with Crippen LogP contribution in [-0.2, 0) is 0 Å². The van der Waals surface area contributed by atoms with Crippen LogP contribution in [0.2, 0.25) is 0 Å². The van der Waals surface area contributed by atoms with E-state index in [0.29, 0.717) is 11.8 Å². The number of hydrogen-bond acceptors (Lipinski definition) is 0. The zero-order valence-corrected chi connectivity index (χ0v) is 8.23. The van der Waals surface area contributed by atoms with Crippen molar-refractivity contribution in [1.82, 2.24) is 0 Å². The highest BCUT2D eigenvalue weighted by Crippen LogP contribution is 2.20. The fraction of sp³-hybridized carbons (Fsp3) is 1.00. The summed E-state index contributed by atoms with van der Waals surface area (Å²) < 4.78 is 12.4. The first kappa shape index (κ1) is 10.9. The van der Waals surface area contributed by atoms with Crippen LogP contribution in [0, 0.1) is 17.8 Å². The molecule has 1 atom stereocenters. The van der Waals surface area contributed by atoms with Gasteiger partial charge >= 0.3 is 0 Å². The number of alkyl halides is 1. The SMILES string of the molecule is CC(C)CC[C@@H](CF)C(C)C. The van der Waals surface area contributed by atoms with Gasteiger partial charge < -0.3 is 0 Å². The Bertz CT molecular complexity index is 86.9. The van der Waals surface area contributed by atoms with Gasteiger partial charge in [0.05, 0.1) is 6.67 Å². The summed E-state index contributed by atoms with van der Waals surface area (Å²) in [6.07, 6.45) is 2.21. The van der Waals surface area contributed by atoms with Crippen LogP contribution in [0.25, 0.3) is 0 Å². The van der Waals surface area contributed by atoms with Crippen molar-refractivity contribution in [3.8, 4) is 0 Å². The van der Waals surface area contributed by atoms with E-state index in [2.05, 4.69) is 27.7 Å². The van der Waals surface area contributed by atoms with Crippen molar-refractivity contribution in [2.24, 2.45) is 17.8 Å². The van der Waals surface area contributed by atoms with Gasteiger partial charge in [-0.05, 0) is 24.2 Å². The summed E-state index contributed by atoms with van der Waals surface area (Å²) in [4.78, 5) is 0. The molecule has 0 unspecified atom stereocenters. The molecule has 0 aliphatic carbocycles. The van der Waals surface area contributed by atoms with Crippen LogP contribution in [0.3, 0.4) is 0 Å². The van der Waals surface area contributed by atoms with Crippen molar-refractivity contribution in [2.75, 3.05) is 6.67 Å². The van der Waals surface area contributed by atoms with Crippen molar-refractivity contribution >= 4 is 0 Å². The van der Waals surface area contributed by atoms with Crippen molar-refractivity contribution in [1.29, 1.82) is 0 Å². The smallest absolute Gasteiger partial charge is 0.0925 e. The molecule has 0 nitrogen and oxygen atoms in total. The minimum Gasteiger partial charge on any atom is -0.251 e. The largest absolute Gasteiger partial charge is 0.251 e. The van der Waals surface area contributed by atoms with Gasteiger partial charge in [-0.15, -0.1) is 0 Å². The molecule has 0 saturated heterocycles. The molecule has 0 spiro atoms. The minimum absolute atomic E-state index is 0.148. The average Bonchev–Trinajstić information content (AvgIpc) is 1.87. The third kappa shape index (κ3) is 5.23. The lowest BCUT2D eigenvalue weighted by atomic mass is 9.90. The van der Waals surface area contributed by atoms with Gasteiger partial charge in [0, 0.05) is 0 Å². The third-order valence-electron chi connectivity index (χ3n) is 2.26. The van der Waals surface area contributed by atoms with Gasteiger partial charge in [-0.2, -0.15) is 0 Å². The Kier molecular flexibility index (Phi) is 5.53. The Balaban J connectivity index is 3.52. The van der Waals surface area contributed by atoms with Crippen LogP contribution in [-0.4, -0.2) is 6.67 Å². The maximum atomic E-state index is 12.4. The van der Waals surface area contributed by atoms with E-state index in [1.54, 1.807) is 0 Å². The molecule has 0 fully saturated rings. The van der Waals surface area contributed by atoms with Crippen LogP contribution in [0.15, 0.2) is 0 Å². The standard InChI is InChI=1S/C10H21F/c1-8(2)5-6-10(7-11)9(3)4/h8-10H,5-7H2,1-4H3/t10-/m0/s1. The number of hydrogen-bond donors (Lipinski definition) is 0. The monoisotopic (exact) mass is 160 g/mol. The molecule has 0 aliphatic heterocycles. The molecule has 0 amide bonds. The molecule has 0 aromatic heterocycles. The van der Waals surface area contributed by atoms with Gasteiger partial charge in [-0.1, -0.05) is 34.1 Å². The third-order valence-corrected chi connectivity index (χ3v) is 2.26. The second-order valence-corrected chi connectivity index (χ2v) is 4.13. The normalized spacial score (nSPS) is 14.5. The molecule has 0 bridgehead atoms. The highest BCUT2D eigenvalue weighted by atomic mass is 19.1. The topological polar surface area (TPSA) is 0 Å². The second kappa shape index (κ2) is 5.56. The predicted molar refractivity (Wildman–Crippen MR) is 48.4 cm³/mol. The maximum Gasteiger partial charge on any atom is 0.0925 e. The van der Waals surface area contributed by atoms with E-state index in [1.165, 1.54) is 0 Å². The summed E-state index contributed by atoms with van der Waals surface area (Å²) in [5.41, 5.74) is 0. The van der Waals surface area contributed by atoms with Crippen LogP contribution < -0.4 is 0 Å². The van der Waals surface area contributed by atoms with Crippen molar-refractivity contribution in [3.63, 3.8) is 0 Å². The molecule has 0 rings (SSSR count).